The first-order valence-corrected chi connectivity index (χ1v) is 6.06. The van der Waals surface area contributed by atoms with Gasteiger partial charge in [-0.05, 0) is 31.5 Å². The summed E-state index contributed by atoms with van der Waals surface area (Å²) in [6, 6.07) is 8.42. The second kappa shape index (κ2) is 4.22. The van der Waals surface area contributed by atoms with Crippen molar-refractivity contribution < 1.29 is 0 Å². The summed E-state index contributed by atoms with van der Waals surface area (Å²) in [7, 11) is 0. The Morgan fingerprint density at radius 3 is 2.89 bits per heavy atom. The fourth-order valence-corrected chi connectivity index (χ4v) is 2.30. The molecule has 1 aromatic carbocycles. The van der Waals surface area contributed by atoms with Gasteiger partial charge in [0.05, 0.1) is 17.1 Å². The van der Waals surface area contributed by atoms with Crippen molar-refractivity contribution in [3.63, 3.8) is 0 Å². The number of rotatable bonds is 3. The van der Waals surface area contributed by atoms with Crippen molar-refractivity contribution in [3.8, 4) is 0 Å². The number of benzene rings is 1. The zero-order valence-corrected chi connectivity index (χ0v) is 10.5. The fraction of sp³-hybridized carbons (Fsp3) is 0.214. The van der Waals surface area contributed by atoms with Crippen LogP contribution in [0.3, 0.4) is 0 Å². The lowest BCUT2D eigenvalue weighted by atomic mass is 10.1. The summed E-state index contributed by atoms with van der Waals surface area (Å²) in [4.78, 5) is 3.23. The van der Waals surface area contributed by atoms with Gasteiger partial charge in [-0.3, -0.25) is 5.10 Å². The molecule has 0 unspecified atom stereocenters. The van der Waals surface area contributed by atoms with Gasteiger partial charge in [0.2, 0.25) is 0 Å². The summed E-state index contributed by atoms with van der Waals surface area (Å²) < 4.78 is 0. The van der Waals surface area contributed by atoms with Gasteiger partial charge in [-0.25, -0.2) is 0 Å². The van der Waals surface area contributed by atoms with Crippen LogP contribution < -0.4 is 5.32 Å². The average molecular weight is 240 g/mol. The molecule has 3 rings (SSSR count). The van der Waals surface area contributed by atoms with Crippen LogP contribution in [-0.4, -0.2) is 15.2 Å². The molecule has 0 aliphatic carbocycles. The molecule has 3 N–H and O–H groups in total. The SMILES string of the molecule is Cc1n[nH]c(C)c1NCc1cccc2[nH]ccc12. The minimum atomic E-state index is 0.802. The Kier molecular flexibility index (Phi) is 2.55. The van der Waals surface area contributed by atoms with E-state index in [-0.39, 0.29) is 0 Å². The van der Waals surface area contributed by atoms with E-state index in [1.807, 2.05) is 20.0 Å². The van der Waals surface area contributed by atoms with Gasteiger partial charge in [0.25, 0.3) is 0 Å². The topological polar surface area (TPSA) is 56.5 Å². The van der Waals surface area contributed by atoms with Crippen LogP contribution in [0.25, 0.3) is 10.9 Å². The van der Waals surface area contributed by atoms with Gasteiger partial charge in [0, 0.05) is 23.6 Å². The number of hydrogen-bond donors (Lipinski definition) is 3. The quantitative estimate of drug-likeness (QED) is 0.658. The molecule has 2 heterocycles. The molecular formula is C14H16N4. The molecule has 2 aromatic heterocycles. The average Bonchev–Trinajstić information content (AvgIpc) is 2.95. The monoisotopic (exact) mass is 240 g/mol. The van der Waals surface area contributed by atoms with Crippen molar-refractivity contribution in [2.75, 3.05) is 5.32 Å². The van der Waals surface area contributed by atoms with E-state index < -0.39 is 0 Å². The number of aryl methyl sites for hydroxylation is 2. The molecule has 4 heteroatoms. The molecule has 0 saturated heterocycles. The van der Waals surface area contributed by atoms with Crippen molar-refractivity contribution in [3.05, 3.63) is 47.4 Å². The smallest absolute Gasteiger partial charge is 0.0825 e. The van der Waals surface area contributed by atoms with E-state index >= 15 is 0 Å². The maximum Gasteiger partial charge on any atom is 0.0825 e. The summed E-state index contributed by atoms with van der Waals surface area (Å²) in [6.45, 7) is 4.83. The maximum atomic E-state index is 4.19. The Balaban J connectivity index is 1.87. The summed E-state index contributed by atoms with van der Waals surface area (Å²) in [5.41, 5.74) is 5.65. The number of nitrogens with one attached hydrogen (secondary N) is 3. The molecule has 3 aromatic rings. The molecule has 0 aliphatic rings. The Morgan fingerprint density at radius 1 is 1.22 bits per heavy atom. The Hall–Kier alpha value is -2.23. The molecular weight excluding hydrogens is 224 g/mol. The van der Waals surface area contributed by atoms with E-state index in [1.165, 1.54) is 16.5 Å². The standard InChI is InChI=1S/C14H16N4/c1-9-14(10(2)18-17-9)16-8-11-4-3-5-13-12(11)6-7-15-13/h3-7,15-16H,8H2,1-2H3,(H,17,18). The van der Waals surface area contributed by atoms with Crippen LogP contribution in [0.1, 0.15) is 17.0 Å². The second-order valence-electron chi connectivity index (χ2n) is 4.52. The van der Waals surface area contributed by atoms with Crippen LogP contribution >= 0.6 is 0 Å². The van der Waals surface area contributed by atoms with Crippen molar-refractivity contribution in [1.29, 1.82) is 0 Å². The van der Waals surface area contributed by atoms with Gasteiger partial charge in [-0.15, -0.1) is 0 Å². The number of nitrogens with zero attached hydrogens (tertiary/aromatic N) is 1. The van der Waals surface area contributed by atoms with Crippen LogP contribution in [0.5, 0.6) is 0 Å². The largest absolute Gasteiger partial charge is 0.378 e. The number of aromatic nitrogens is 3. The summed E-state index contributed by atoms with van der Waals surface area (Å²) in [5.74, 6) is 0. The second-order valence-corrected chi connectivity index (χ2v) is 4.52. The Morgan fingerprint density at radius 2 is 2.11 bits per heavy atom. The van der Waals surface area contributed by atoms with Gasteiger partial charge >= 0.3 is 0 Å². The van der Waals surface area contributed by atoms with E-state index in [0.29, 0.717) is 0 Å². The first-order chi connectivity index (χ1) is 8.75. The van der Waals surface area contributed by atoms with E-state index in [4.69, 9.17) is 0 Å². The third kappa shape index (κ3) is 1.76. The minimum Gasteiger partial charge on any atom is -0.378 e. The molecule has 0 spiro atoms. The Bertz CT molecular complexity index is 658. The van der Waals surface area contributed by atoms with E-state index in [2.05, 4.69) is 44.8 Å². The Labute approximate surface area is 105 Å². The number of hydrogen-bond acceptors (Lipinski definition) is 2. The molecule has 0 bridgehead atoms. The van der Waals surface area contributed by atoms with Crippen molar-refractivity contribution in [1.82, 2.24) is 15.2 Å². The zero-order chi connectivity index (χ0) is 12.5. The molecule has 18 heavy (non-hydrogen) atoms. The van der Waals surface area contributed by atoms with E-state index in [0.717, 1.165) is 23.6 Å². The molecule has 0 fully saturated rings. The van der Waals surface area contributed by atoms with Gasteiger partial charge in [0.15, 0.2) is 0 Å². The molecule has 0 amide bonds. The van der Waals surface area contributed by atoms with E-state index in [1.54, 1.807) is 0 Å². The highest BCUT2D eigenvalue weighted by molar-refractivity contribution is 5.83. The lowest BCUT2D eigenvalue weighted by molar-refractivity contribution is 1.02. The lowest BCUT2D eigenvalue weighted by Crippen LogP contribution is -2.01. The van der Waals surface area contributed by atoms with Gasteiger partial charge < -0.3 is 10.3 Å². The van der Waals surface area contributed by atoms with Crippen molar-refractivity contribution >= 4 is 16.6 Å². The minimum absolute atomic E-state index is 0.802. The number of anilines is 1. The van der Waals surface area contributed by atoms with Crippen molar-refractivity contribution in [2.24, 2.45) is 0 Å². The summed E-state index contributed by atoms with van der Waals surface area (Å²) >= 11 is 0. The fourth-order valence-electron chi connectivity index (χ4n) is 2.30. The maximum absolute atomic E-state index is 4.19. The first-order valence-electron chi connectivity index (χ1n) is 6.06. The van der Waals surface area contributed by atoms with Crippen LogP contribution in [0.4, 0.5) is 5.69 Å². The summed E-state index contributed by atoms with van der Waals surface area (Å²) in [6.07, 6.45) is 1.97. The summed E-state index contributed by atoms with van der Waals surface area (Å²) in [5, 5.41) is 11.9. The first kappa shape index (κ1) is 10.9. The predicted octanol–water partition coefficient (Wildman–Crippen LogP) is 3.12. The van der Waals surface area contributed by atoms with Gasteiger partial charge in [-0.1, -0.05) is 12.1 Å². The highest BCUT2D eigenvalue weighted by Crippen LogP contribution is 2.21. The van der Waals surface area contributed by atoms with Crippen molar-refractivity contribution in [2.45, 2.75) is 20.4 Å². The van der Waals surface area contributed by atoms with Crippen LogP contribution in [0, 0.1) is 13.8 Å². The lowest BCUT2D eigenvalue weighted by Gasteiger charge is -2.07. The van der Waals surface area contributed by atoms with E-state index in [9.17, 15) is 0 Å². The third-order valence-corrected chi connectivity index (χ3v) is 3.27. The van der Waals surface area contributed by atoms with Crippen LogP contribution in [0.15, 0.2) is 30.5 Å². The van der Waals surface area contributed by atoms with Gasteiger partial charge in [-0.2, -0.15) is 5.10 Å². The third-order valence-electron chi connectivity index (χ3n) is 3.27. The molecule has 0 atom stereocenters. The predicted molar refractivity (Wildman–Crippen MR) is 73.7 cm³/mol. The molecule has 4 nitrogen and oxygen atoms in total. The number of fused-ring (bicyclic) bond motifs is 1. The molecule has 0 saturated carbocycles. The van der Waals surface area contributed by atoms with Crippen LogP contribution in [0.2, 0.25) is 0 Å². The van der Waals surface area contributed by atoms with Crippen LogP contribution in [-0.2, 0) is 6.54 Å². The molecule has 0 radical (unpaired) electrons. The molecule has 92 valence electrons. The highest BCUT2D eigenvalue weighted by Gasteiger charge is 2.06. The molecule has 0 aliphatic heterocycles. The number of aromatic amines is 2. The van der Waals surface area contributed by atoms with Gasteiger partial charge in [0.1, 0.15) is 0 Å². The zero-order valence-electron chi connectivity index (χ0n) is 10.5. The highest BCUT2D eigenvalue weighted by atomic mass is 15.1. The normalized spacial score (nSPS) is 11.0. The number of H-pyrrole nitrogens is 2.